The van der Waals surface area contributed by atoms with E-state index < -0.39 is 6.10 Å². The predicted molar refractivity (Wildman–Crippen MR) is 94.4 cm³/mol. The normalized spacial score (nSPS) is 12.1. The summed E-state index contributed by atoms with van der Waals surface area (Å²) in [7, 11) is 1.71. The van der Waals surface area contributed by atoms with Crippen molar-refractivity contribution in [3.05, 3.63) is 78.0 Å². The van der Waals surface area contributed by atoms with Crippen LogP contribution in [-0.4, -0.2) is 34.0 Å². The minimum atomic E-state index is -1.04. The van der Waals surface area contributed by atoms with Crippen LogP contribution in [0, 0.1) is 0 Å². The second kappa shape index (κ2) is 7.23. The van der Waals surface area contributed by atoms with Gasteiger partial charge in [-0.15, -0.1) is 0 Å². The van der Waals surface area contributed by atoms with E-state index in [1.165, 1.54) is 0 Å². The molecule has 4 heteroatoms. The molecule has 122 valence electrons. The predicted octanol–water partition coefficient (Wildman–Crippen LogP) is 2.80. The molecule has 1 N–H and O–H groups in total. The molecule has 0 radical (unpaired) electrons. The zero-order valence-electron chi connectivity index (χ0n) is 13.6. The van der Waals surface area contributed by atoms with E-state index in [1.54, 1.807) is 18.1 Å². The Morgan fingerprint density at radius 1 is 1.08 bits per heavy atom. The van der Waals surface area contributed by atoms with Crippen LogP contribution < -0.4 is 0 Å². The van der Waals surface area contributed by atoms with Crippen molar-refractivity contribution in [2.24, 2.45) is 0 Å². The lowest BCUT2D eigenvalue weighted by molar-refractivity contribution is -0.139. The highest BCUT2D eigenvalue weighted by Crippen LogP contribution is 2.17. The standard InChI is InChI=1S/C20H20N2O2/c1-22(20(24)18(23)13-15-7-3-2-4-8-15)14-17-10-5-9-16-11-6-12-21-19(16)17/h2-12,18,23H,13-14H2,1H3/t18-/m0/s1. The van der Waals surface area contributed by atoms with E-state index >= 15 is 0 Å². The third kappa shape index (κ3) is 3.60. The molecule has 2 aromatic carbocycles. The van der Waals surface area contributed by atoms with Crippen LogP contribution in [0.4, 0.5) is 0 Å². The van der Waals surface area contributed by atoms with Gasteiger partial charge in [0.2, 0.25) is 0 Å². The van der Waals surface area contributed by atoms with Crippen LogP contribution in [-0.2, 0) is 17.8 Å². The average molecular weight is 320 g/mol. The molecule has 0 bridgehead atoms. The number of benzene rings is 2. The number of rotatable bonds is 5. The van der Waals surface area contributed by atoms with Crippen LogP contribution in [0.5, 0.6) is 0 Å². The van der Waals surface area contributed by atoms with Crippen LogP contribution in [0.3, 0.4) is 0 Å². The van der Waals surface area contributed by atoms with Gasteiger partial charge in [-0.05, 0) is 17.2 Å². The second-order valence-electron chi connectivity index (χ2n) is 5.89. The highest BCUT2D eigenvalue weighted by molar-refractivity contribution is 5.83. The Bertz CT molecular complexity index is 828. The Morgan fingerprint density at radius 2 is 1.83 bits per heavy atom. The molecule has 0 saturated carbocycles. The van der Waals surface area contributed by atoms with Gasteiger partial charge in [0.25, 0.3) is 5.91 Å². The molecule has 1 aromatic heterocycles. The summed E-state index contributed by atoms with van der Waals surface area (Å²) in [5.74, 6) is -0.285. The van der Waals surface area contributed by atoms with Gasteiger partial charge in [0.15, 0.2) is 0 Å². The fourth-order valence-corrected chi connectivity index (χ4v) is 2.81. The number of fused-ring (bicyclic) bond motifs is 1. The lowest BCUT2D eigenvalue weighted by atomic mass is 10.1. The molecule has 0 fully saturated rings. The van der Waals surface area contributed by atoms with Crippen LogP contribution in [0.2, 0.25) is 0 Å². The zero-order valence-corrected chi connectivity index (χ0v) is 13.6. The van der Waals surface area contributed by atoms with Gasteiger partial charge in [-0.25, -0.2) is 0 Å². The van der Waals surface area contributed by atoms with Crippen molar-refractivity contribution < 1.29 is 9.90 Å². The summed E-state index contributed by atoms with van der Waals surface area (Å²) in [6.45, 7) is 0.416. The highest BCUT2D eigenvalue weighted by Gasteiger charge is 2.20. The molecule has 3 aromatic rings. The Morgan fingerprint density at radius 3 is 2.62 bits per heavy atom. The van der Waals surface area contributed by atoms with Crippen molar-refractivity contribution in [1.29, 1.82) is 0 Å². The van der Waals surface area contributed by atoms with Crippen LogP contribution >= 0.6 is 0 Å². The van der Waals surface area contributed by atoms with Gasteiger partial charge in [-0.1, -0.05) is 54.6 Å². The smallest absolute Gasteiger partial charge is 0.251 e. The summed E-state index contributed by atoms with van der Waals surface area (Å²) in [4.78, 5) is 18.4. The van der Waals surface area contributed by atoms with Crippen molar-refractivity contribution in [2.75, 3.05) is 7.05 Å². The quantitative estimate of drug-likeness (QED) is 0.786. The molecule has 0 saturated heterocycles. The fraction of sp³-hybridized carbons (Fsp3) is 0.200. The molecular formula is C20H20N2O2. The van der Waals surface area contributed by atoms with Crippen LogP contribution in [0.1, 0.15) is 11.1 Å². The van der Waals surface area contributed by atoms with E-state index in [-0.39, 0.29) is 5.91 Å². The molecule has 3 rings (SSSR count). The van der Waals surface area contributed by atoms with E-state index in [9.17, 15) is 9.90 Å². The molecule has 0 aliphatic carbocycles. The Kier molecular flexibility index (Phi) is 4.87. The van der Waals surface area contributed by atoms with Crippen molar-refractivity contribution >= 4 is 16.8 Å². The van der Waals surface area contributed by atoms with Crippen LogP contribution in [0.25, 0.3) is 10.9 Å². The number of carbonyl (C=O) groups is 1. The van der Waals surface area contributed by atoms with Gasteiger partial charge in [0.05, 0.1) is 5.52 Å². The van der Waals surface area contributed by atoms with E-state index in [0.717, 1.165) is 22.0 Å². The molecule has 24 heavy (non-hydrogen) atoms. The average Bonchev–Trinajstić information content (AvgIpc) is 2.62. The summed E-state index contributed by atoms with van der Waals surface area (Å²) in [6, 6.07) is 19.3. The number of hydrogen-bond acceptors (Lipinski definition) is 3. The van der Waals surface area contributed by atoms with E-state index in [0.29, 0.717) is 13.0 Å². The molecule has 0 aliphatic heterocycles. The Labute approximate surface area is 141 Å². The summed E-state index contributed by atoms with van der Waals surface area (Å²) in [5, 5.41) is 11.3. The van der Waals surface area contributed by atoms with E-state index in [2.05, 4.69) is 4.98 Å². The first-order chi connectivity index (χ1) is 11.6. The van der Waals surface area contributed by atoms with Gasteiger partial charge in [-0.2, -0.15) is 0 Å². The van der Waals surface area contributed by atoms with Crippen LogP contribution in [0.15, 0.2) is 66.9 Å². The van der Waals surface area contributed by atoms with Crippen molar-refractivity contribution in [3.8, 4) is 0 Å². The number of pyridine rings is 1. The molecule has 0 aliphatic rings. The van der Waals surface area contributed by atoms with Gasteiger partial charge in [0.1, 0.15) is 6.10 Å². The van der Waals surface area contributed by atoms with Crippen molar-refractivity contribution in [2.45, 2.75) is 19.1 Å². The van der Waals surface area contributed by atoms with Crippen molar-refractivity contribution in [1.82, 2.24) is 9.88 Å². The largest absolute Gasteiger partial charge is 0.383 e. The number of aromatic nitrogens is 1. The second-order valence-corrected chi connectivity index (χ2v) is 5.89. The van der Waals surface area contributed by atoms with E-state index in [4.69, 9.17) is 0 Å². The third-order valence-electron chi connectivity index (χ3n) is 4.06. The van der Waals surface area contributed by atoms with Gasteiger partial charge >= 0.3 is 0 Å². The fourth-order valence-electron chi connectivity index (χ4n) is 2.81. The summed E-state index contributed by atoms with van der Waals surface area (Å²) < 4.78 is 0. The number of hydrogen-bond donors (Lipinski definition) is 1. The first-order valence-corrected chi connectivity index (χ1v) is 7.95. The molecule has 0 spiro atoms. The highest BCUT2D eigenvalue weighted by atomic mass is 16.3. The molecule has 0 unspecified atom stereocenters. The van der Waals surface area contributed by atoms with E-state index in [1.807, 2.05) is 60.7 Å². The number of para-hydroxylation sites is 1. The number of aliphatic hydroxyl groups excluding tert-OH is 1. The molecule has 1 heterocycles. The minimum absolute atomic E-state index is 0.285. The first-order valence-electron chi connectivity index (χ1n) is 7.95. The number of aliphatic hydroxyl groups is 1. The Hall–Kier alpha value is -2.72. The number of amides is 1. The maximum Gasteiger partial charge on any atom is 0.251 e. The number of nitrogens with zero attached hydrogens (tertiary/aromatic N) is 2. The minimum Gasteiger partial charge on any atom is -0.383 e. The summed E-state index contributed by atoms with van der Waals surface area (Å²) >= 11 is 0. The van der Waals surface area contributed by atoms with Gasteiger partial charge in [0, 0.05) is 31.6 Å². The lowest BCUT2D eigenvalue weighted by Crippen LogP contribution is -2.37. The number of carbonyl (C=O) groups excluding carboxylic acids is 1. The topological polar surface area (TPSA) is 53.4 Å². The zero-order chi connectivity index (χ0) is 16.9. The lowest BCUT2D eigenvalue weighted by Gasteiger charge is -2.21. The maximum absolute atomic E-state index is 12.4. The third-order valence-corrected chi connectivity index (χ3v) is 4.06. The number of likely N-dealkylation sites (N-methyl/N-ethyl adjacent to an activating group) is 1. The van der Waals surface area contributed by atoms with Gasteiger partial charge in [-0.3, -0.25) is 9.78 Å². The molecular weight excluding hydrogens is 300 g/mol. The first kappa shape index (κ1) is 16.1. The monoisotopic (exact) mass is 320 g/mol. The maximum atomic E-state index is 12.4. The summed E-state index contributed by atoms with van der Waals surface area (Å²) in [5.41, 5.74) is 2.80. The molecule has 1 atom stereocenters. The molecule has 4 nitrogen and oxygen atoms in total. The van der Waals surface area contributed by atoms with Gasteiger partial charge < -0.3 is 10.0 Å². The SMILES string of the molecule is CN(Cc1cccc2cccnc12)C(=O)[C@@H](O)Cc1ccccc1. The Balaban J connectivity index is 1.71. The molecule has 1 amide bonds. The van der Waals surface area contributed by atoms with Crippen molar-refractivity contribution in [3.63, 3.8) is 0 Å². The summed E-state index contributed by atoms with van der Waals surface area (Å²) in [6.07, 6.45) is 1.02.